The van der Waals surface area contributed by atoms with E-state index in [9.17, 15) is 0 Å². The summed E-state index contributed by atoms with van der Waals surface area (Å²) in [6, 6.07) is 12.5. The van der Waals surface area contributed by atoms with Gasteiger partial charge in [-0.3, -0.25) is 0 Å². The van der Waals surface area contributed by atoms with Crippen molar-refractivity contribution >= 4 is 17.1 Å². The maximum atomic E-state index is 5.35. The van der Waals surface area contributed by atoms with Crippen molar-refractivity contribution in [3.05, 3.63) is 59.6 Å². The van der Waals surface area contributed by atoms with Gasteiger partial charge in [0.15, 0.2) is 5.65 Å². The minimum Gasteiger partial charge on any atom is -0.361 e. The highest BCUT2D eigenvalue weighted by Crippen LogP contribution is 2.30. The fraction of sp³-hybridized carbons (Fsp3) is 0.318. The Morgan fingerprint density at radius 2 is 1.93 bits per heavy atom. The van der Waals surface area contributed by atoms with E-state index >= 15 is 0 Å². The van der Waals surface area contributed by atoms with Crippen molar-refractivity contribution < 1.29 is 4.52 Å². The van der Waals surface area contributed by atoms with Gasteiger partial charge in [-0.1, -0.05) is 35.5 Å². The van der Waals surface area contributed by atoms with Gasteiger partial charge in [-0.25, -0.2) is 4.98 Å². The third-order valence-corrected chi connectivity index (χ3v) is 4.95. The first-order valence-corrected chi connectivity index (χ1v) is 9.75. The first-order valence-electron chi connectivity index (χ1n) is 9.75. The van der Waals surface area contributed by atoms with Crippen molar-refractivity contribution in [3.8, 4) is 11.1 Å². The van der Waals surface area contributed by atoms with Gasteiger partial charge in [-0.15, -0.1) is 0 Å². The summed E-state index contributed by atoms with van der Waals surface area (Å²) >= 11 is 0. The Morgan fingerprint density at radius 1 is 1.14 bits per heavy atom. The summed E-state index contributed by atoms with van der Waals surface area (Å²) in [7, 11) is 4.12. The highest BCUT2D eigenvalue weighted by Gasteiger charge is 2.17. The third-order valence-electron chi connectivity index (χ3n) is 4.95. The predicted octanol–water partition coefficient (Wildman–Crippen LogP) is 3.72. The summed E-state index contributed by atoms with van der Waals surface area (Å²) in [5, 5.41) is 7.55. The largest absolute Gasteiger partial charge is 0.361 e. The molecule has 0 saturated carbocycles. The zero-order valence-electron chi connectivity index (χ0n) is 17.3. The SMILES string of the molecule is Cc1noc(C)c1-c1cnc2nc(NCCN(C)C)n(Cc3ccccc3)c2c1. The second kappa shape index (κ2) is 8.05. The molecule has 0 atom stereocenters. The van der Waals surface area contributed by atoms with Gasteiger partial charge in [0.05, 0.1) is 17.8 Å². The fourth-order valence-corrected chi connectivity index (χ4v) is 3.49. The lowest BCUT2D eigenvalue weighted by Gasteiger charge is -2.13. The first kappa shape index (κ1) is 19.1. The van der Waals surface area contributed by atoms with Gasteiger partial charge < -0.3 is 19.3 Å². The molecule has 0 fully saturated rings. The Balaban J connectivity index is 1.78. The summed E-state index contributed by atoms with van der Waals surface area (Å²) in [4.78, 5) is 11.5. The lowest BCUT2D eigenvalue weighted by atomic mass is 10.1. The van der Waals surface area contributed by atoms with E-state index in [0.29, 0.717) is 6.54 Å². The number of nitrogens with zero attached hydrogens (tertiary/aromatic N) is 5. The molecular formula is C22H26N6O. The molecule has 0 radical (unpaired) electrons. The van der Waals surface area contributed by atoms with E-state index in [-0.39, 0.29) is 0 Å². The molecule has 0 saturated heterocycles. The van der Waals surface area contributed by atoms with Crippen molar-refractivity contribution in [3.63, 3.8) is 0 Å². The normalized spacial score (nSPS) is 11.5. The van der Waals surface area contributed by atoms with Crippen LogP contribution in [-0.4, -0.2) is 51.8 Å². The Hall–Kier alpha value is -3.19. The summed E-state index contributed by atoms with van der Waals surface area (Å²) in [6.45, 7) is 6.32. The van der Waals surface area contributed by atoms with E-state index in [1.165, 1.54) is 5.56 Å². The molecule has 0 amide bonds. The van der Waals surface area contributed by atoms with E-state index < -0.39 is 0 Å². The molecule has 3 aromatic heterocycles. The molecule has 1 aromatic carbocycles. The predicted molar refractivity (Wildman–Crippen MR) is 115 cm³/mol. The third kappa shape index (κ3) is 4.00. The van der Waals surface area contributed by atoms with Gasteiger partial charge >= 0.3 is 0 Å². The number of rotatable bonds is 7. The smallest absolute Gasteiger partial charge is 0.205 e. The highest BCUT2D eigenvalue weighted by molar-refractivity contribution is 5.81. The summed E-state index contributed by atoms with van der Waals surface area (Å²) in [5.74, 6) is 1.62. The number of anilines is 1. The van der Waals surface area contributed by atoms with Crippen LogP contribution in [0.25, 0.3) is 22.3 Å². The number of imidazole rings is 1. The number of pyridine rings is 1. The Labute approximate surface area is 170 Å². The summed E-state index contributed by atoms with van der Waals surface area (Å²) in [6.07, 6.45) is 1.85. The minimum absolute atomic E-state index is 0.717. The van der Waals surface area contributed by atoms with Gasteiger partial charge in [0.25, 0.3) is 0 Å². The molecule has 0 aliphatic heterocycles. The topological polar surface area (TPSA) is 72.0 Å². The van der Waals surface area contributed by atoms with Crippen molar-refractivity contribution in [1.82, 2.24) is 24.6 Å². The van der Waals surface area contributed by atoms with Gasteiger partial charge in [-0.05, 0) is 39.6 Å². The molecule has 0 unspecified atom stereocenters. The van der Waals surface area contributed by atoms with Crippen LogP contribution in [0, 0.1) is 13.8 Å². The lowest BCUT2D eigenvalue weighted by Crippen LogP contribution is -2.22. The minimum atomic E-state index is 0.717. The first-order chi connectivity index (χ1) is 14.0. The number of hydrogen-bond donors (Lipinski definition) is 1. The molecule has 0 aliphatic carbocycles. The van der Waals surface area contributed by atoms with Crippen LogP contribution in [-0.2, 0) is 6.54 Å². The van der Waals surface area contributed by atoms with Crippen molar-refractivity contribution in [2.45, 2.75) is 20.4 Å². The monoisotopic (exact) mass is 390 g/mol. The number of hydrogen-bond acceptors (Lipinski definition) is 6. The van der Waals surface area contributed by atoms with Gasteiger partial charge in [0.1, 0.15) is 5.76 Å². The van der Waals surface area contributed by atoms with Crippen LogP contribution in [0.3, 0.4) is 0 Å². The molecule has 1 N–H and O–H groups in total. The number of benzene rings is 1. The number of aromatic nitrogens is 4. The zero-order chi connectivity index (χ0) is 20.4. The number of fused-ring (bicyclic) bond motifs is 1. The molecule has 150 valence electrons. The Morgan fingerprint density at radius 3 is 2.62 bits per heavy atom. The fourth-order valence-electron chi connectivity index (χ4n) is 3.49. The molecule has 0 aliphatic rings. The van der Waals surface area contributed by atoms with Crippen LogP contribution in [0.5, 0.6) is 0 Å². The molecule has 3 heterocycles. The maximum absolute atomic E-state index is 5.35. The molecule has 7 nitrogen and oxygen atoms in total. The highest BCUT2D eigenvalue weighted by atomic mass is 16.5. The second-order valence-electron chi connectivity index (χ2n) is 7.50. The second-order valence-corrected chi connectivity index (χ2v) is 7.50. The van der Waals surface area contributed by atoms with E-state index in [1.54, 1.807) is 0 Å². The van der Waals surface area contributed by atoms with Gasteiger partial charge in [0.2, 0.25) is 5.95 Å². The van der Waals surface area contributed by atoms with Crippen molar-refractivity contribution in [2.75, 3.05) is 32.5 Å². The number of aryl methyl sites for hydroxylation is 2. The van der Waals surface area contributed by atoms with Crippen LogP contribution in [0.1, 0.15) is 17.0 Å². The molecule has 4 aromatic rings. The summed E-state index contributed by atoms with van der Waals surface area (Å²) < 4.78 is 7.54. The van der Waals surface area contributed by atoms with Gasteiger partial charge in [0, 0.05) is 30.4 Å². The average molecular weight is 390 g/mol. The number of likely N-dealkylation sites (N-methyl/N-ethyl adjacent to an activating group) is 1. The van der Waals surface area contributed by atoms with Crippen LogP contribution < -0.4 is 5.32 Å². The molecule has 4 rings (SSSR count). The molecule has 29 heavy (non-hydrogen) atoms. The molecule has 7 heteroatoms. The molecule has 0 bridgehead atoms. The maximum Gasteiger partial charge on any atom is 0.205 e. The quantitative estimate of drug-likeness (QED) is 0.518. The van der Waals surface area contributed by atoms with Crippen molar-refractivity contribution in [1.29, 1.82) is 0 Å². The molecule has 0 spiro atoms. The zero-order valence-corrected chi connectivity index (χ0v) is 17.3. The van der Waals surface area contributed by atoms with Crippen LogP contribution in [0.4, 0.5) is 5.95 Å². The molecular weight excluding hydrogens is 364 g/mol. The van der Waals surface area contributed by atoms with Crippen LogP contribution >= 0.6 is 0 Å². The Kier molecular flexibility index (Phi) is 5.31. The number of nitrogens with one attached hydrogen (secondary N) is 1. The summed E-state index contributed by atoms with van der Waals surface area (Å²) in [5.41, 5.74) is 5.77. The van der Waals surface area contributed by atoms with E-state index in [1.807, 2.05) is 26.1 Å². The average Bonchev–Trinajstić information content (AvgIpc) is 3.21. The van der Waals surface area contributed by atoms with E-state index in [0.717, 1.165) is 52.8 Å². The standard InChI is InChI=1S/C22H26N6O/c1-15-20(16(2)29-26-15)18-12-19-21(24-13-18)25-22(23-10-11-27(3)4)28(19)14-17-8-6-5-7-9-17/h5-9,12-13H,10-11,14H2,1-4H3,(H,23,24,25). The van der Waals surface area contributed by atoms with Crippen LogP contribution in [0.2, 0.25) is 0 Å². The van der Waals surface area contributed by atoms with E-state index in [2.05, 4.69) is 69.4 Å². The lowest BCUT2D eigenvalue weighted by molar-refractivity contribution is 0.393. The van der Waals surface area contributed by atoms with Crippen LogP contribution in [0.15, 0.2) is 47.1 Å². The van der Waals surface area contributed by atoms with Crippen molar-refractivity contribution in [2.24, 2.45) is 0 Å². The van der Waals surface area contributed by atoms with E-state index in [4.69, 9.17) is 9.51 Å². The Bertz CT molecular complexity index is 1090. The van der Waals surface area contributed by atoms with Gasteiger partial charge in [-0.2, -0.15) is 4.98 Å².